The summed E-state index contributed by atoms with van der Waals surface area (Å²) in [5, 5.41) is 3.30. The molecule has 2 unspecified atom stereocenters. The lowest BCUT2D eigenvalue weighted by molar-refractivity contribution is 0.611. The van der Waals surface area contributed by atoms with Crippen molar-refractivity contribution in [1.29, 1.82) is 0 Å². The van der Waals surface area contributed by atoms with E-state index in [0.717, 1.165) is 13.1 Å². The van der Waals surface area contributed by atoms with E-state index in [-0.39, 0.29) is 6.04 Å². The summed E-state index contributed by atoms with van der Waals surface area (Å²) in [4.78, 5) is 0. The molecule has 1 saturated heterocycles. The van der Waals surface area contributed by atoms with E-state index in [1.165, 1.54) is 5.69 Å². The molecule has 0 amide bonds. The number of nitrogens with one attached hydrogen (secondary N) is 1. The van der Waals surface area contributed by atoms with E-state index < -0.39 is 0 Å². The van der Waals surface area contributed by atoms with E-state index in [9.17, 15) is 0 Å². The molecule has 1 aliphatic heterocycles. The van der Waals surface area contributed by atoms with E-state index in [0.29, 0.717) is 5.92 Å². The average Bonchev–Trinajstić information content (AvgIpc) is 2.59. The Morgan fingerprint density at radius 1 is 1.58 bits per heavy atom. The summed E-state index contributed by atoms with van der Waals surface area (Å²) in [5.41, 5.74) is 7.30. The van der Waals surface area contributed by atoms with Crippen LogP contribution in [-0.4, -0.2) is 23.7 Å². The molecule has 1 aliphatic rings. The van der Waals surface area contributed by atoms with Gasteiger partial charge in [0.25, 0.3) is 0 Å². The van der Waals surface area contributed by atoms with Crippen LogP contribution in [0.2, 0.25) is 0 Å². The van der Waals surface area contributed by atoms with Crippen molar-refractivity contribution in [1.82, 2.24) is 9.88 Å². The van der Waals surface area contributed by atoms with Crippen molar-refractivity contribution in [3.8, 4) is 0 Å². The van der Waals surface area contributed by atoms with Gasteiger partial charge in [0.1, 0.15) is 0 Å². The van der Waals surface area contributed by atoms with Gasteiger partial charge in [-0.15, -0.1) is 0 Å². The van der Waals surface area contributed by atoms with Crippen molar-refractivity contribution in [2.45, 2.75) is 12.0 Å². The first-order valence-electron chi connectivity index (χ1n) is 4.36. The Morgan fingerprint density at radius 2 is 2.42 bits per heavy atom. The minimum atomic E-state index is 0.276. The topological polar surface area (TPSA) is 43.0 Å². The molecule has 3 heteroatoms. The second kappa shape index (κ2) is 2.92. The molecule has 0 aliphatic carbocycles. The van der Waals surface area contributed by atoms with Crippen LogP contribution in [0.4, 0.5) is 0 Å². The minimum Gasteiger partial charge on any atom is -0.354 e. The summed E-state index contributed by atoms with van der Waals surface area (Å²) >= 11 is 0. The van der Waals surface area contributed by atoms with Gasteiger partial charge in [-0.2, -0.15) is 0 Å². The van der Waals surface area contributed by atoms with Gasteiger partial charge in [-0.3, -0.25) is 0 Å². The third-order valence-electron chi connectivity index (χ3n) is 2.62. The van der Waals surface area contributed by atoms with Crippen LogP contribution in [0.5, 0.6) is 0 Å². The lowest BCUT2D eigenvalue weighted by Crippen LogP contribution is -2.28. The van der Waals surface area contributed by atoms with Gasteiger partial charge in [-0.1, -0.05) is 0 Å². The summed E-state index contributed by atoms with van der Waals surface area (Å²) < 4.78 is 2.15. The van der Waals surface area contributed by atoms with Crippen LogP contribution in [0, 0.1) is 0 Å². The van der Waals surface area contributed by atoms with Gasteiger partial charge in [0.2, 0.25) is 0 Å². The van der Waals surface area contributed by atoms with Crippen LogP contribution in [0.1, 0.15) is 11.6 Å². The zero-order valence-corrected chi connectivity index (χ0v) is 7.33. The summed E-state index contributed by atoms with van der Waals surface area (Å²) in [6, 6.07) is 4.50. The molecule has 12 heavy (non-hydrogen) atoms. The normalized spacial score (nSPS) is 29.5. The molecule has 2 atom stereocenters. The highest BCUT2D eigenvalue weighted by Gasteiger charge is 2.26. The van der Waals surface area contributed by atoms with Gasteiger partial charge < -0.3 is 15.6 Å². The molecule has 1 aromatic heterocycles. The number of aryl methyl sites for hydroxylation is 1. The van der Waals surface area contributed by atoms with Gasteiger partial charge in [0, 0.05) is 44.0 Å². The summed E-state index contributed by atoms with van der Waals surface area (Å²) in [6.07, 6.45) is 2.07. The first-order valence-corrected chi connectivity index (χ1v) is 4.36. The Labute approximate surface area is 72.6 Å². The maximum Gasteiger partial charge on any atom is 0.0280 e. The second-order valence-corrected chi connectivity index (χ2v) is 3.47. The van der Waals surface area contributed by atoms with E-state index in [4.69, 9.17) is 5.73 Å². The fourth-order valence-corrected chi connectivity index (χ4v) is 1.88. The van der Waals surface area contributed by atoms with Crippen LogP contribution in [0.25, 0.3) is 0 Å². The van der Waals surface area contributed by atoms with Crippen LogP contribution in [0.15, 0.2) is 18.3 Å². The van der Waals surface area contributed by atoms with Crippen molar-refractivity contribution in [2.24, 2.45) is 12.8 Å². The number of hydrogen-bond acceptors (Lipinski definition) is 2. The second-order valence-electron chi connectivity index (χ2n) is 3.47. The van der Waals surface area contributed by atoms with Crippen molar-refractivity contribution >= 4 is 0 Å². The Hall–Kier alpha value is -0.800. The maximum atomic E-state index is 5.96. The van der Waals surface area contributed by atoms with E-state index in [1.54, 1.807) is 0 Å². The first-order chi connectivity index (χ1) is 5.79. The van der Waals surface area contributed by atoms with E-state index in [1.807, 2.05) is 0 Å². The highest BCUT2D eigenvalue weighted by molar-refractivity contribution is 5.17. The van der Waals surface area contributed by atoms with Gasteiger partial charge in [-0.25, -0.2) is 0 Å². The number of nitrogens with zero attached hydrogens (tertiary/aromatic N) is 1. The first kappa shape index (κ1) is 7.83. The molecule has 0 spiro atoms. The Balaban J connectivity index is 2.24. The molecule has 2 rings (SSSR count). The molecule has 66 valence electrons. The van der Waals surface area contributed by atoms with Crippen molar-refractivity contribution < 1.29 is 0 Å². The zero-order valence-electron chi connectivity index (χ0n) is 7.33. The van der Waals surface area contributed by atoms with E-state index in [2.05, 4.69) is 35.3 Å². The molecule has 0 bridgehead atoms. The third kappa shape index (κ3) is 1.15. The van der Waals surface area contributed by atoms with Crippen molar-refractivity contribution in [2.75, 3.05) is 13.1 Å². The molecular formula is C9H15N3. The molecule has 3 N–H and O–H groups in total. The number of aromatic nitrogens is 1. The number of rotatable bonds is 1. The number of nitrogens with two attached hydrogens (primary N) is 1. The molecule has 1 fully saturated rings. The van der Waals surface area contributed by atoms with Gasteiger partial charge >= 0.3 is 0 Å². The summed E-state index contributed by atoms with van der Waals surface area (Å²) in [6.45, 7) is 1.95. The maximum absolute atomic E-state index is 5.96. The fourth-order valence-electron chi connectivity index (χ4n) is 1.88. The lowest BCUT2D eigenvalue weighted by atomic mass is 10.0. The molecule has 3 nitrogen and oxygen atoms in total. The van der Waals surface area contributed by atoms with Gasteiger partial charge in [-0.05, 0) is 12.1 Å². The van der Waals surface area contributed by atoms with E-state index >= 15 is 0 Å². The lowest BCUT2D eigenvalue weighted by Gasteiger charge is -2.14. The zero-order chi connectivity index (χ0) is 8.55. The molecule has 0 aromatic carbocycles. The fraction of sp³-hybridized carbons (Fsp3) is 0.556. The van der Waals surface area contributed by atoms with Crippen LogP contribution in [-0.2, 0) is 7.05 Å². The largest absolute Gasteiger partial charge is 0.354 e. The van der Waals surface area contributed by atoms with Gasteiger partial charge in [0.15, 0.2) is 0 Å². The molecule has 1 aromatic rings. The Bertz CT molecular complexity index is 266. The SMILES string of the molecule is Cn1cccc1C1CNCC1N. The molecule has 2 heterocycles. The highest BCUT2D eigenvalue weighted by atomic mass is 15.0. The van der Waals surface area contributed by atoms with Crippen LogP contribution >= 0.6 is 0 Å². The Morgan fingerprint density at radius 3 is 2.92 bits per heavy atom. The predicted octanol–water partition coefficient (Wildman–Crippen LogP) is 0.0392. The predicted molar refractivity (Wildman–Crippen MR) is 49.0 cm³/mol. The van der Waals surface area contributed by atoms with Crippen LogP contribution < -0.4 is 11.1 Å². The molecule has 0 radical (unpaired) electrons. The highest BCUT2D eigenvalue weighted by Crippen LogP contribution is 2.20. The van der Waals surface area contributed by atoms with Crippen molar-refractivity contribution in [3.63, 3.8) is 0 Å². The quantitative estimate of drug-likeness (QED) is 0.617. The third-order valence-corrected chi connectivity index (χ3v) is 2.62. The Kier molecular flexibility index (Phi) is 1.90. The van der Waals surface area contributed by atoms with Crippen molar-refractivity contribution in [3.05, 3.63) is 24.0 Å². The monoisotopic (exact) mass is 165 g/mol. The standard InChI is InChI=1S/C9H15N3/c1-12-4-2-3-9(12)7-5-11-6-8(7)10/h2-4,7-8,11H,5-6,10H2,1H3. The summed E-state index contributed by atoms with van der Waals surface area (Å²) in [5.74, 6) is 0.491. The molecular weight excluding hydrogens is 150 g/mol. The number of hydrogen-bond donors (Lipinski definition) is 2. The average molecular weight is 165 g/mol. The minimum absolute atomic E-state index is 0.276. The molecule has 0 saturated carbocycles. The summed E-state index contributed by atoms with van der Waals surface area (Å²) in [7, 11) is 2.07. The van der Waals surface area contributed by atoms with Gasteiger partial charge in [0.05, 0.1) is 0 Å². The smallest absolute Gasteiger partial charge is 0.0280 e. The van der Waals surface area contributed by atoms with Crippen LogP contribution in [0.3, 0.4) is 0 Å².